The Morgan fingerprint density at radius 1 is 1.18 bits per heavy atom. The van der Waals surface area contributed by atoms with Gasteiger partial charge in [0.15, 0.2) is 0 Å². The third kappa shape index (κ3) is 3.22. The molecule has 118 valence electrons. The van der Waals surface area contributed by atoms with Crippen LogP contribution in [0.5, 0.6) is 5.75 Å². The zero-order valence-electron chi connectivity index (χ0n) is 13.7. The lowest BCUT2D eigenvalue weighted by atomic mass is 9.96. The molecule has 22 heavy (non-hydrogen) atoms. The van der Waals surface area contributed by atoms with Gasteiger partial charge in [-0.2, -0.15) is 0 Å². The molecule has 0 aliphatic heterocycles. The Morgan fingerprint density at radius 2 is 1.82 bits per heavy atom. The first-order valence-electron chi connectivity index (χ1n) is 7.52. The van der Waals surface area contributed by atoms with Crippen LogP contribution in [0.2, 0.25) is 0 Å². The van der Waals surface area contributed by atoms with Crippen molar-refractivity contribution in [3.8, 4) is 5.75 Å². The smallest absolute Gasteiger partial charge is 0.229 e. The van der Waals surface area contributed by atoms with E-state index in [1.54, 1.807) is 12.0 Å². The van der Waals surface area contributed by atoms with Crippen molar-refractivity contribution in [3.05, 3.63) is 42.0 Å². The number of ether oxygens (including phenoxy) is 1. The van der Waals surface area contributed by atoms with E-state index in [-0.39, 0.29) is 17.9 Å². The second kappa shape index (κ2) is 6.79. The van der Waals surface area contributed by atoms with E-state index < -0.39 is 0 Å². The van der Waals surface area contributed by atoms with Gasteiger partial charge in [-0.15, -0.1) is 0 Å². The summed E-state index contributed by atoms with van der Waals surface area (Å²) in [7, 11) is 3.47. The summed E-state index contributed by atoms with van der Waals surface area (Å²) < 4.78 is 5.24. The second-order valence-electron chi connectivity index (χ2n) is 5.73. The van der Waals surface area contributed by atoms with Gasteiger partial charge in [-0.3, -0.25) is 4.79 Å². The largest absolute Gasteiger partial charge is 0.497 e. The Bertz CT molecular complexity index is 669. The summed E-state index contributed by atoms with van der Waals surface area (Å²) in [5, 5.41) is 2.21. The molecule has 0 heterocycles. The fourth-order valence-corrected chi connectivity index (χ4v) is 2.46. The molecule has 0 bridgehead atoms. The summed E-state index contributed by atoms with van der Waals surface area (Å²) in [6, 6.07) is 12.1. The standard InChI is InChI=1S/C18H24N2O2/c1-12(11-19)20(3)18(21)13(2)14-5-6-16-10-17(22-4)8-7-15(16)9-14/h5-10,12-13H,11,19H2,1-4H3. The molecule has 0 fully saturated rings. The summed E-state index contributed by atoms with van der Waals surface area (Å²) >= 11 is 0. The molecule has 2 aromatic rings. The van der Waals surface area contributed by atoms with Crippen molar-refractivity contribution in [3.63, 3.8) is 0 Å². The molecular weight excluding hydrogens is 276 g/mol. The van der Waals surface area contributed by atoms with Crippen molar-refractivity contribution in [1.82, 2.24) is 4.90 Å². The molecule has 1 amide bonds. The molecule has 0 spiro atoms. The van der Waals surface area contributed by atoms with Crippen LogP contribution in [0, 0.1) is 0 Å². The van der Waals surface area contributed by atoms with Crippen LogP contribution in [-0.4, -0.2) is 37.6 Å². The van der Waals surface area contributed by atoms with E-state index >= 15 is 0 Å². The number of nitrogens with two attached hydrogens (primary N) is 1. The Morgan fingerprint density at radius 3 is 2.45 bits per heavy atom. The van der Waals surface area contributed by atoms with Gasteiger partial charge in [-0.1, -0.05) is 24.3 Å². The van der Waals surface area contributed by atoms with E-state index in [0.717, 1.165) is 22.1 Å². The van der Waals surface area contributed by atoms with Crippen molar-refractivity contribution >= 4 is 16.7 Å². The van der Waals surface area contributed by atoms with Crippen LogP contribution >= 0.6 is 0 Å². The van der Waals surface area contributed by atoms with Crippen LogP contribution in [0.15, 0.2) is 36.4 Å². The SMILES string of the molecule is COc1ccc2cc(C(C)C(=O)N(C)C(C)CN)ccc2c1. The Hall–Kier alpha value is -2.07. The zero-order chi connectivity index (χ0) is 16.3. The van der Waals surface area contributed by atoms with Crippen LogP contribution in [0.25, 0.3) is 10.8 Å². The highest BCUT2D eigenvalue weighted by Crippen LogP contribution is 2.26. The van der Waals surface area contributed by atoms with Crippen molar-refractivity contribution in [2.24, 2.45) is 5.73 Å². The highest BCUT2D eigenvalue weighted by molar-refractivity contribution is 5.88. The normalized spacial score (nSPS) is 13.7. The zero-order valence-corrected chi connectivity index (χ0v) is 13.7. The van der Waals surface area contributed by atoms with Crippen LogP contribution in [-0.2, 0) is 4.79 Å². The highest BCUT2D eigenvalue weighted by atomic mass is 16.5. The summed E-state index contributed by atoms with van der Waals surface area (Å²) in [6.45, 7) is 4.36. The van der Waals surface area contributed by atoms with E-state index in [0.29, 0.717) is 6.54 Å². The molecule has 2 rings (SSSR count). The number of nitrogens with zero attached hydrogens (tertiary/aromatic N) is 1. The minimum absolute atomic E-state index is 0.0414. The molecule has 0 aromatic heterocycles. The number of hydrogen-bond donors (Lipinski definition) is 1. The summed E-state index contributed by atoms with van der Waals surface area (Å²) in [5.41, 5.74) is 6.66. The summed E-state index contributed by atoms with van der Waals surface area (Å²) in [6.07, 6.45) is 0. The van der Waals surface area contributed by atoms with E-state index in [1.165, 1.54) is 0 Å². The van der Waals surface area contributed by atoms with Crippen molar-refractivity contribution in [2.45, 2.75) is 25.8 Å². The number of benzene rings is 2. The number of rotatable bonds is 5. The van der Waals surface area contributed by atoms with Gasteiger partial charge in [0.05, 0.1) is 13.0 Å². The maximum Gasteiger partial charge on any atom is 0.229 e. The van der Waals surface area contributed by atoms with Crippen LogP contribution < -0.4 is 10.5 Å². The van der Waals surface area contributed by atoms with Gasteiger partial charge in [0, 0.05) is 19.6 Å². The van der Waals surface area contributed by atoms with E-state index in [1.807, 2.05) is 51.2 Å². The average molecular weight is 300 g/mol. The minimum atomic E-state index is -0.189. The van der Waals surface area contributed by atoms with Gasteiger partial charge < -0.3 is 15.4 Å². The maximum atomic E-state index is 12.5. The van der Waals surface area contributed by atoms with E-state index in [9.17, 15) is 4.79 Å². The van der Waals surface area contributed by atoms with E-state index in [4.69, 9.17) is 10.5 Å². The molecule has 0 saturated heterocycles. The average Bonchev–Trinajstić information content (AvgIpc) is 2.57. The quantitative estimate of drug-likeness (QED) is 0.923. The summed E-state index contributed by atoms with van der Waals surface area (Å²) in [5.74, 6) is 0.734. The number of carbonyl (C=O) groups is 1. The molecule has 2 N–H and O–H groups in total. The molecule has 4 heteroatoms. The number of hydrogen-bond acceptors (Lipinski definition) is 3. The number of fused-ring (bicyclic) bond motifs is 1. The van der Waals surface area contributed by atoms with E-state index in [2.05, 4.69) is 6.07 Å². The van der Waals surface area contributed by atoms with Crippen molar-refractivity contribution < 1.29 is 9.53 Å². The molecule has 2 atom stereocenters. The first-order chi connectivity index (χ1) is 10.5. The molecule has 4 nitrogen and oxygen atoms in total. The minimum Gasteiger partial charge on any atom is -0.497 e. The van der Waals surface area contributed by atoms with Crippen LogP contribution in [0.1, 0.15) is 25.3 Å². The van der Waals surface area contributed by atoms with Crippen LogP contribution in [0.4, 0.5) is 0 Å². The first kappa shape index (κ1) is 16.3. The van der Waals surface area contributed by atoms with Gasteiger partial charge in [0.25, 0.3) is 0 Å². The molecule has 2 aromatic carbocycles. The topological polar surface area (TPSA) is 55.6 Å². The maximum absolute atomic E-state index is 12.5. The molecule has 0 radical (unpaired) electrons. The monoisotopic (exact) mass is 300 g/mol. The van der Waals surface area contributed by atoms with Gasteiger partial charge in [0.1, 0.15) is 5.75 Å². The van der Waals surface area contributed by atoms with Gasteiger partial charge >= 0.3 is 0 Å². The predicted octanol–water partition coefficient (Wildman–Crippen LogP) is 2.76. The molecule has 0 aliphatic rings. The Kier molecular flexibility index (Phi) is 5.03. The fourth-order valence-electron chi connectivity index (χ4n) is 2.46. The Balaban J connectivity index is 2.28. The number of amides is 1. The third-order valence-corrected chi connectivity index (χ3v) is 4.29. The molecule has 2 unspecified atom stereocenters. The second-order valence-corrected chi connectivity index (χ2v) is 5.73. The Labute approximate surface area is 131 Å². The van der Waals surface area contributed by atoms with Gasteiger partial charge in [0.2, 0.25) is 5.91 Å². The molecule has 0 saturated carbocycles. The van der Waals surface area contributed by atoms with Gasteiger partial charge in [-0.05, 0) is 42.3 Å². The summed E-state index contributed by atoms with van der Waals surface area (Å²) in [4.78, 5) is 14.3. The lowest BCUT2D eigenvalue weighted by Gasteiger charge is -2.27. The number of carbonyl (C=O) groups excluding carboxylic acids is 1. The lowest BCUT2D eigenvalue weighted by Crippen LogP contribution is -2.41. The number of methoxy groups -OCH3 is 1. The highest BCUT2D eigenvalue weighted by Gasteiger charge is 2.22. The number of likely N-dealkylation sites (N-methyl/N-ethyl adjacent to an activating group) is 1. The first-order valence-corrected chi connectivity index (χ1v) is 7.52. The molecular formula is C18H24N2O2. The fraction of sp³-hybridized carbons (Fsp3) is 0.389. The molecule has 0 aliphatic carbocycles. The van der Waals surface area contributed by atoms with Crippen molar-refractivity contribution in [1.29, 1.82) is 0 Å². The predicted molar refractivity (Wildman–Crippen MR) is 90.2 cm³/mol. The third-order valence-electron chi connectivity index (χ3n) is 4.29. The van der Waals surface area contributed by atoms with Gasteiger partial charge in [-0.25, -0.2) is 0 Å². The van der Waals surface area contributed by atoms with Crippen LogP contribution in [0.3, 0.4) is 0 Å². The van der Waals surface area contributed by atoms with Crippen molar-refractivity contribution in [2.75, 3.05) is 20.7 Å². The lowest BCUT2D eigenvalue weighted by molar-refractivity contribution is -0.132.